The van der Waals surface area contributed by atoms with Crippen LogP contribution in [-0.4, -0.2) is 32.1 Å². The molecule has 10 nitrogen and oxygen atoms in total. The van der Waals surface area contributed by atoms with Crippen molar-refractivity contribution < 1.29 is 27.1 Å². The summed E-state index contributed by atoms with van der Waals surface area (Å²) in [6.45, 7) is 3.82. The van der Waals surface area contributed by atoms with Crippen molar-refractivity contribution in [1.29, 1.82) is 0 Å². The molecular formula is C23H20IN3O7S. The van der Waals surface area contributed by atoms with Crippen LogP contribution in [0.4, 0.5) is 5.69 Å². The number of nitrogens with zero attached hydrogens (tertiary/aromatic N) is 2. The second kappa shape index (κ2) is 11.3. The Kier molecular flexibility index (Phi) is 8.40. The molecule has 0 saturated carbocycles. The molecule has 0 bridgehead atoms. The van der Waals surface area contributed by atoms with Gasteiger partial charge in [-0.1, -0.05) is 29.8 Å². The van der Waals surface area contributed by atoms with Crippen molar-refractivity contribution in [1.82, 2.24) is 5.43 Å². The summed E-state index contributed by atoms with van der Waals surface area (Å²) in [5, 5.41) is 15.0. The first kappa shape index (κ1) is 26.1. The second-order valence-electron chi connectivity index (χ2n) is 7.09. The zero-order chi connectivity index (χ0) is 25.6. The van der Waals surface area contributed by atoms with Crippen molar-refractivity contribution in [2.75, 3.05) is 6.61 Å². The van der Waals surface area contributed by atoms with E-state index >= 15 is 0 Å². The molecule has 0 spiro atoms. The van der Waals surface area contributed by atoms with Gasteiger partial charge in [0.05, 0.1) is 21.3 Å². The van der Waals surface area contributed by atoms with Gasteiger partial charge in [0, 0.05) is 6.07 Å². The van der Waals surface area contributed by atoms with E-state index in [1.165, 1.54) is 48.7 Å². The van der Waals surface area contributed by atoms with Crippen LogP contribution in [0, 0.1) is 20.6 Å². The highest BCUT2D eigenvalue weighted by Gasteiger charge is 2.22. The summed E-state index contributed by atoms with van der Waals surface area (Å²) in [4.78, 5) is 22.8. The van der Waals surface area contributed by atoms with Gasteiger partial charge in [-0.3, -0.25) is 14.9 Å². The van der Waals surface area contributed by atoms with Gasteiger partial charge in [-0.25, -0.2) is 5.43 Å². The Labute approximate surface area is 215 Å². The largest absolute Gasteiger partial charge is 0.490 e. The molecule has 0 aliphatic carbocycles. The van der Waals surface area contributed by atoms with Gasteiger partial charge < -0.3 is 8.92 Å². The van der Waals surface area contributed by atoms with E-state index in [1.54, 1.807) is 25.1 Å². The van der Waals surface area contributed by atoms with Gasteiger partial charge in [-0.05, 0) is 72.3 Å². The highest BCUT2D eigenvalue weighted by atomic mass is 127. The number of benzene rings is 3. The van der Waals surface area contributed by atoms with Crippen LogP contribution in [0.5, 0.6) is 11.5 Å². The van der Waals surface area contributed by atoms with Gasteiger partial charge in [-0.2, -0.15) is 13.5 Å². The van der Waals surface area contributed by atoms with Crippen LogP contribution in [0.15, 0.2) is 70.7 Å². The van der Waals surface area contributed by atoms with Crippen LogP contribution in [0.3, 0.4) is 0 Å². The summed E-state index contributed by atoms with van der Waals surface area (Å²) in [5.41, 5.74) is 3.15. The number of hydrogen-bond acceptors (Lipinski definition) is 8. The number of aryl methyl sites for hydroxylation is 1. The van der Waals surface area contributed by atoms with Gasteiger partial charge in [0.25, 0.3) is 11.6 Å². The number of halogens is 1. The first-order valence-electron chi connectivity index (χ1n) is 10.2. The Bertz CT molecular complexity index is 1390. The fraction of sp³-hybridized carbons (Fsp3) is 0.130. The van der Waals surface area contributed by atoms with Crippen molar-refractivity contribution in [3.8, 4) is 11.5 Å². The third kappa shape index (κ3) is 6.54. The van der Waals surface area contributed by atoms with E-state index in [4.69, 9.17) is 8.92 Å². The standard InChI is InChI=1S/C23H20IN3O7S/c1-3-33-21-13-16(14-25-26-23(28)18-6-4-5-7-20(18)27(29)30)12-19(24)22(21)34-35(31,32)17-10-8-15(2)9-11-17/h4-14H,3H2,1-2H3,(H,26,28)/b25-14-. The molecule has 35 heavy (non-hydrogen) atoms. The zero-order valence-corrected chi connectivity index (χ0v) is 21.6. The predicted octanol–water partition coefficient (Wildman–Crippen LogP) is 4.44. The van der Waals surface area contributed by atoms with Gasteiger partial charge in [0.1, 0.15) is 10.5 Å². The number of carbonyl (C=O) groups is 1. The number of ether oxygens (including phenoxy) is 1. The Morgan fingerprint density at radius 3 is 2.51 bits per heavy atom. The number of nitro groups is 1. The van der Waals surface area contributed by atoms with E-state index < -0.39 is 20.9 Å². The van der Waals surface area contributed by atoms with Crippen molar-refractivity contribution in [3.05, 3.63) is 91.0 Å². The van der Waals surface area contributed by atoms with Crippen LogP contribution in [0.1, 0.15) is 28.4 Å². The van der Waals surface area contributed by atoms with Crippen molar-refractivity contribution in [3.63, 3.8) is 0 Å². The molecule has 0 aliphatic rings. The lowest BCUT2D eigenvalue weighted by Crippen LogP contribution is -2.19. The SMILES string of the molecule is CCOc1cc(/C=N\NC(=O)c2ccccc2[N+](=O)[O-])cc(I)c1OS(=O)(=O)c1ccc(C)cc1. The number of nitrogens with one attached hydrogen (secondary N) is 1. The molecule has 0 heterocycles. The minimum atomic E-state index is -4.11. The molecule has 3 aromatic carbocycles. The molecule has 0 aliphatic heterocycles. The molecular weight excluding hydrogens is 589 g/mol. The van der Waals surface area contributed by atoms with Crippen molar-refractivity contribution in [2.45, 2.75) is 18.7 Å². The molecule has 0 fully saturated rings. The molecule has 3 rings (SSSR count). The summed E-state index contributed by atoms with van der Waals surface area (Å²) in [7, 11) is -4.11. The maximum absolute atomic E-state index is 12.8. The first-order valence-corrected chi connectivity index (χ1v) is 12.7. The second-order valence-corrected chi connectivity index (χ2v) is 9.80. The maximum Gasteiger partial charge on any atom is 0.339 e. The number of carbonyl (C=O) groups excluding carboxylic acids is 1. The smallest absolute Gasteiger partial charge is 0.339 e. The fourth-order valence-electron chi connectivity index (χ4n) is 2.92. The van der Waals surface area contributed by atoms with Crippen LogP contribution in [-0.2, 0) is 10.1 Å². The highest BCUT2D eigenvalue weighted by Crippen LogP contribution is 2.36. The zero-order valence-electron chi connectivity index (χ0n) is 18.6. The molecule has 0 radical (unpaired) electrons. The lowest BCUT2D eigenvalue weighted by Gasteiger charge is -2.14. The molecule has 1 N–H and O–H groups in total. The van der Waals surface area contributed by atoms with Gasteiger partial charge >= 0.3 is 10.1 Å². The summed E-state index contributed by atoms with van der Waals surface area (Å²) >= 11 is 1.91. The number of para-hydroxylation sites is 1. The highest BCUT2D eigenvalue weighted by molar-refractivity contribution is 14.1. The lowest BCUT2D eigenvalue weighted by molar-refractivity contribution is -0.385. The monoisotopic (exact) mass is 609 g/mol. The number of rotatable bonds is 9. The van der Waals surface area contributed by atoms with Crippen molar-refractivity contribution >= 4 is 50.5 Å². The van der Waals surface area contributed by atoms with E-state index in [9.17, 15) is 23.3 Å². The lowest BCUT2D eigenvalue weighted by atomic mass is 10.2. The molecule has 12 heteroatoms. The maximum atomic E-state index is 12.8. The van der Waals surface area contributed by atoms with Gasteiger partial charge in [0.15, 0.2) is 11.5 Å². The van der Waals surface area contributed by atoms with E-state index in [0.717, 1.165) is 5.56 Å². The van der Waals surface area contributed by atoms with E-state index in [1.807, 2.05) is 29.5 Å². The summed E-state index contributed by atoms with van der Waals surface area (Å²) in [6.07, 6.45) is 1.30. The van der Waals surface area contributed by atoms with Crippen molar-refractivity contribution in [2.24, 2.45) is 5.10 Å². The van der Waals surface area contributed by atoms with E-state index in [-0.39, 0.29) is 34.3 Å². The molecule has 3 aromatic rings. The Morgan fingerprint density at radius 1 is 1.17 bits per heavy atom. The van der Waals surface area contributed by atoms with Crippen LogP contribution in [0.25, 0.3) is 0 Å². The quantitative estimate of drug-likeness (QED) is 0.125. The number of hydrogen-bond donors (Lipinski definition) is 1. The van der Waals surface area contributed by atoms with Crippen LogP contribution in [0.2, 0.25) is 0 Å². The van der Waals surface area contributed by atoms with Gasteiger partial charge in [0.2, 0.25) is 0 Å². The summed E-state index contributed by atoms with van der Waals surface area (Å²) in [6, 6.07) is 14.8. The molecule has 0 aromatic heterocycles. The number of amides is 1. The molecule has 0 atom stereocenters. The van der Waals surface area contributed by atoms with E-state index in [2.05, 4.69) is 10.5 Å². The molecule has 0 unspecified atom stereocenters. The average molecular weight is 609 g/mol. The van der Waals surface area contributed by atoms with Crippen LogP contribution < -0.4 is 14.3 Å². The summed E-state index contributed by atoms with van der Waals surface area (Å²) in [5.74, 6) is -0.562. The minimum absolute atomic E-state index is 0.00436. The molecule has 1 amide bonds. The summed E-state index contributed by atoms with van der Waals surface area (Å²) < 4.78 is 36.9. The Morgan fingerprint density at radius 2 is 1.86 bits per heavy atom. The molecule has 182 valence electrons. The van der Waals surface area contributed by atoms with Gasteiger partial charge in [-0.15, -0.1) is 0 Å². The first-order chi connectivity index (χ1) is 16.6. The number of nitro benzene ring substituents is 1. The topological polar surface area (TPSA) is 137 Å². The third-order valence-corrected chi connectivity index (χ3v) is 6.60. The number of hydrazone groups is 1. The van der Waals surface area contributed by atoms with Crippen LogP contribution >= 0.6 is 22.6 Å². The molecule has 0 saturated heterocycles. The third-order valence-electron chi connectivity index (χ3n) is 4.56. The Balaban J connectivity index is 1.84. The normalized spacial score (nSPS) is 11.3. The predicted molar refractivity (Wildman–Crippen MR) is 137 cm³/mol. The average Bonchev–Trinajstić information content (AvgIpc) is 2.81. The van der Waals surface area contributed by atoms with E-state index in [0.29, 0.717) is 9.13 Å². The minimum Gasteiger partial charge on any atom is -0.490 e. The fourth-order valence-corrected chi connectivity index (χ4v) is 4.76. The Hall–Kier alpha value is -3.52.